The van der Waals surface area contributed by atoms with Crippen LogP contribution in [0, 0.1) is 0 Å². The zero-order valence-corrected chi connectivity index (χ0v) is 14.3. The van der Waals surface area contributed by atoms with E-state index >= 15 is 0 Å². The molecule has 3 aliphatic rings. The van der Waals surface area contributed by atoms with Gasteiger partial charge in [-0.1, -0.05) is 12.8 Å². The van der Waals surface area contributed by atoms with Crippen LogP contribution in [0.4, 0.5) is 0 Å². The second-order valence-electron chi connectivity index (χ2n) is 7.46. The second kappa shape index (κ2) is 5.86. The normalized spacial score (nSPS) is 22.8. The lowest BCUT2D eigenvalue weighted by molar-refractivity contribution is -0.130. The first-order valence-corrected chi connectivity index (χ1v) is 9.10. The van der Waals surface area contributed by atoms with Crippen molar-refractivity contribution in [2.24, 2.45) is 0 Å². The summed E-state index contributed by atoms with van der Waals surface area (Å²) in [6.07, 6.45) is 8.11. The van der Waals surface area contributed by atoms with Crippen LogP contribution in [0.1, 0.15) is 68.3 Å². The quantitative estimate of drug-likeness (QED) is 0.884. The number of fused-ring (bicyclic) bond motifs is 2. The van der Waals surface area contributed by atoms with Crippen molar-refractivity contribution in [2.45, 2.75) is 69.9 Å². The van der Waals surface area contributed by atoms with Gasteiger partial charge < -0.3 is 14.8 Å². The number of carbonyl (C=O) groups excluding carboxylic acids is 2. The third kappa shape index (κ3) is 2.50. The van der Waals surface area contributed by atoms with Gasteiger partial charge in [0.05, 0.1) is 5.54 Å². The van der Waals surface area contributed by atoms with Gasteiger partial charge in [-0.3, -0.25) is 9.59 Å². The van der Waals surface area contributed by atoms with E-state index in [1.54, 1.807) is 6.92 Å². The fourth-order valence-electron chi connectivity index (χ4n) is 4.61. The fourth-order valence-corrected chi connectivity index (χ4v) is 4.61. The van der Waals surface area contributed by atoms with Crippen molar-refractivity contribution in [1.82, 2.24) is 25.0 Å². The Labute approximate surface area is 141 Å². The van der Waals surface area contributed by atoms with Gasteiger partial charge in [0.1, 0.15) is 5.82 Å². The molecule has 1 saturated heterocycles. The van der Waals surface area contributed by atoms with E-state index in [4.69, 9.17) is 0 Å². The van der Waals surface area contributed by atoms with E-state index in [-0.39, 0.29) is 23.4 Å². The third-order valence-electron chi connectivity index (χ3n) is 6.05. The highest BCUT2D eigenvalue weighted by molar-refractivity contribution is 5.91. The van der Waals surface area contributed by atoms with Crippen molar-refractivity contribution in [3.05, 3.63) is 11.6 Å². The minimum absolute atomic E-state index is 0.0871. The Balaban J connectivity index is 1.55. The topological polar surface area (TPSA) is 80.1 Å². The molecule has 1 spiro atoms. The second-order valence-corrected chi connectivity index (χ2v) is 7.46. The lowest BCUT2D eigenvalue weighted by atomic mass is 9.85. The molecule has 4 rings (SSSR count). The summed E-state index contributed by atoms with van der Waals surface area (Å²) in [6.45, 7) is 3.12. The molecule has 2 amide bonds. The Bertz CT molecular complexity index is 654. The zero-order chi connectivity index (χ0) is 16.7. The summed E-state index contributed by atoms with van der Waals surface area (Å²) in [4.78, 5) is 26.2. The highest BCUT2D eigenvalue weighted by Crippen LogP contribution is 2.41. The Kier molecular flexibility index (Phi) is 3.81. The first-order chi connectivity index (χ1) is 11.6. The summed E-state index contributed by atoms with van der Waals surface area (Å²) >= 11 is 0. The average molecular weight is 331 g/mol. The summed E-state index contributed by atoms with van der Waals surface area (Å²) in [7, 11) is 0. The molecule has 2 fully saturated rings. The monoisotopic (exact) mass is 331 g/mol. The molecule has 7 nitrogen and oxygen atoms in total. The molecule has 0 radical (unpaired) electrons. The summed E-state index contributed by atoms with van der Waals surface area (Å²) in [6, 6.07) is 0.280. The minimum Gasteiger partial charge on any atom is -0.347 e. The highest BCUT2D eigenvalue weighted by atomic mass is 16.2. The van der Waals surface area contributed by atoms with Gasteiger partial charge in [-0.15, -0.1) is 10.2 Å². The molecule has 1 aliphatic carbocycles. The highest BCUT2D eigenvalue weighted by Gasteiger charge is 2.45. The Morgan fingerprint density at radius 1 is 1.12 bits per heavy atom. The van der Waals surface area contributed by atoms with Crippen LogP contribution in [-0.4, -0.2) is 50.6 Å². The van der Waals surface area contributed by atoms with E-state index in [1.807, 2.05) is 4.90 Å². The van der Waals surface area contributed by atoms with Crippen molar-refractivity contribution < 1.29 is 9.59 Å². The van der Waals surface area contributed by atoms with E-state index in [9.17, 15) is 9.59 Å². The lowest BCUT2D eigenvalue weighted by Crippen LogP contribution is -2.47. The van der Waals surface area contributed by atoms with Crippen LogP contribution in [0.5, 0.6) is 0 Å². The van der Waals surface area contributed by atoms with Gasteiger partial charge in [-0.2, -0.15) is 0 Å². The molecule has 0 atom stereocenters. The van der Waals surface area contributed by atoms with Gasteiger partial charge in [0, 0.05) is 32.5 Å². The number of hydrogen-bond acceptors (Lipinski definition) is 4. The van der Waals surface area contributed by atoms with Crippen LogP contribution in [0.3, 0.4) is 0 Å². The summed E-state index contributed by atoms with van der Waals surface area (Å²) in [5.41, 5.74) is -0.0901. The minimum atomic E-state index is -0.0901. The smallest absolute Gasteiger partial charge is 0.289 e. The molecule has 1 saturated carbocycles. The predicted molar refractivity (Wildman–Crippen MR) is 87.5 cm³/mol. The molecule has 2 aliphatic heterocycles. The number of nitrogens with zero attached hydrogens (tertiary/aromatic N) is 4. The number of aromatic nitrogens is 3. The zero-order valence-electron chi connectivity index (χ0n) is 14.3. The summed E-state index contributed by atoms with van der Waals surface area (Å²) < 4.78 is 2.09. The molecule has 0 bridgehead atoms. The van der Waals surface area contributed by atoms with Gasteiger partial charge >= 0.3 is 0 Å². The van der Waals surface area contributed by atoms with Crippen LogP contribution in [0.15, 0.2) is 0 Å². The number of piperidine rings is 1. The maximum atomic E-state index is 12.7. The van der Waals surface area contributed by atoms with Gasteiger partial charge in [-0.25, -0.2) is 0 Å². The molecular formula is C17H25N5O2. The summed E-state index contributed by atoms with van der Waals surface area (Å²) in [5, 5.41) is 11.6. The Morgan fingerprint density at radius 3 is 2.50 bits per heavy atom. The number of likely N-dealkylation sites (tertiary alicyclic amines) is 1. The standard InChI is InChI=1S/C17H25N5O2/c1-12(23)21-10-8-17(9-11-21)7-6-14-19-20-15(22(14)17)16(24)18-13-4-2-3-5-13/h13H,2-11H2,1H3,(H,18,24). The van der Waals surface area contributed by atoms with Crippen molar-refractivity contribution in [3.63, 3.8) is 0 Å². The van der Waals surface area contributed by atoms with E-state index in [2.05, 4.69) is 20.1 Å². The largest absolute Gasteiger partial charge is 0.347 e. The van der Waals surface area contributed by atoms with Crippen LogP contribution in [-0.2, 0) is 16.8 Å². The van der Waals surface area contributed by atoms with Gasteiger partial charge in [-0.05, 0) is 32.1 Å². The molecule has 3 heterocycles. The van der Waals surface area contributed by atoms with E-state index in [1.165, 1.54) is 12.8 Å². The van der Waals surface area contributed by atoms with Crippen LogP contribution >= 0.6 is 0 Å². The number of nitrogens with one attached hydrogen (secondary N) is 1. The molecule has 7 heteroatoms. The van der Waals surface area contributed by atoms with Crippen LogP contribution < -0.4 is 5.32 Å². The molecule has 1 N–H and O–H groups in total. The lowest BCUT2D eigenvalue weighted by Gasteiger charge is -2.40. The maximum Gasteiger partial charge on any atom is 0.289 e. The van der Waals surface area contributed by atoms with E-state index in [0.717, 1.165) is 57.4 Å². The van der Waals surface area contributed by atoms with Crippen LogP contribution in [0.2, 0.25) is 0 Å². The van der Waals surface area contributed by atoms with Gasteiger partial charge in [0.25, 0.3) is 5.91 Å². The number of aryl methyl sites for hydroxylation is 1. The molecule has 0 aromatic carbocycles. The third-order valence-corrected chi connectivity index (χ3v) is 6.05. The fraction of sp³-hybridized carbons (Fsp3) is 0.765. The average Bonchev–Trinajstić information content (AvgIpc) is 3.27. The molecule has 0 unspecified atom stereocenters. The van der Waals surface area contributed by atoms with Gasteiger partial charge in [0.2, 0.25) is 11.7 Å². The SMILES string of the molecule is CC(=O)N1CCC2(CCc3nnc(C(=O)NC4CCCC4)n32)CC1. The first-order valence-electron chi connectivity index (χ1n) is 9.10. The first kappa shape index (κ1) is 15.6. The van der Waals surface area contributed by atoms with Crippen molar-refractivity contribution in [2.75, 3.05) is 13.1 Å². The van der Waals surface area contributed by atoms with Crippen molar-refractivity contribution in [3.8, 4) is 0 Å². The molecule has 1 aromatic rings. The maximum absolute atomic E-state index is 12.7. The predicted octanol–water partition coefficient (Wildman–Crippen LogP) is 1.23. The van der Waals surface area contributed by atoms with Crippen LogP contribution in [0.25, 0.3) is 0 Å². The Hall–Kier alpha value is -1.92. The number of hydrogen-bond donors (Lipinski definition) is 1. The van der Waals surface area contributed by atoms with E-state index < -0.39 is 0 Å². The molecule has 130 valence electrons. The molecule has 1 aromatic heterocycles. The molecular weight excluding hydrogens is 306 g/mol. The number of rotatable bonds is 2. The summed E-state index contributed by atoms with van der Waals surface area (Å²) in [5.74, 6) is 1.43. The van der Waals surface area contributed by atoms with Gasteiger partial charge in [0.15, 0.2) is 0 Å². The molecule has 24 heavy (non-hydrogen) atoms. The Morgan fingerprint density at radius 2 is 1.83 bits per heavy atom. The van der Waals surface area contributed by atoms with E-state index in [0.29, 0.717) is 5.82 Å². The van der Waals surface area contributed by atoms with Crippen molar-refractivity contribution in [1.29, 1.82) is 0 Å². The number of amides is 2. The number of carbonyl (C=O) groups is 2. The van der Waals surface area contributed by atoms with Crippen molar-refractivity contribution >= 4 is 11.8 Å².